The monoisotopic (exact) mass is 315 g/mol. The highest BCUT2D eigenvalue weighted by molar-refractivity contribution is 6.42. The molecule has 0 N–H and O–H groups in total. The molecule has 1 atom stereocenters. The first-order chi connectivity index (χ1) is 9.50. The van der Waals surface area contributed by atoms with E-state index in [4.69, 9.17) is 27.9 Å². The number of nitrogens with zero attached hydrogens (tertiary/aromatic N) is 1. The van der Waals surface area contributed by atoms with Crippen molar-refractivity contribution in [3.63, 3.8) is 0 Å². The van der Waals surface area contributed by atoms with Crippen LogP contribution in [0.15, 0.2) is 18.2 Å². The van der Waals surface area contributed by atoms with E-state index in [2.05, 4.69) is 0 Å². The Balaban J connectivity index is 2.01. The minimum absolute atomic E-state index is 0.0204. The molecule has 2 rings (SSSR count). The Hall–Kier alpha value is -0.930. The van der Waals surface area contributed by atoms with E-state index >= 15 is 0 Å². The van der Waals surface area contributed by atoms with Gasteiger partial charge in [0, 0.05) is 13.1 Å². The standard InChI is InChI=1S/C15H19Cl2NO2/c1-10(15(19)18(2)11-6-3-4-7-11)20-13-9-5-8-12(16)14(13)17/h5,8-11H,3-4,6-7H2,1-2H3. The first-order valence-corrected chi connectivity index (χ1v) is 7.63. The highest BCUT2D eigenvalue weighted by Crippen LogP contribution is 2.32. The molecule has 1 aromatic carbocycles. The molecule has 0 aliphatic heterocycles. The molecule has 3 nitrogen and oxygen atoms in total. The molecular formula is C15H19Cl2NO2. The van der Waals surface area contributed by atoms with E-state index in [9.17, 15) is 4.79 Å². The fourth-order valence-corrected chi connectivity index (χ4v) is 2.91. The van der Waals surface area contributed by atoms with Gasteiger partial charge >= 0.3 is 0 Å². The summed E-state index contributed by atoms with van der Waals surface area (Å²) in [5, 5.41) is 0.769. The molecule has 1 aromatic rings. The summed E-state index contributed by atoms with van der Waals surface area (Å²) in [6.45, 7) is 1.74. The van der Waals surface area contributed by atoms with Crippen molar-refractivity contribution in [3.8, 4) is 5.75 Å². The second-order valence-corrected chi connectivity index (χ2v) is 5.98. The smallest absolute Gasteiger partial charge is 0.263 e. The number of carbonyl (C=O) groups excluding carboxylic acids is 1. The summed E-state index contributed by atoms with van der Waals surface area (Å²) in [4.78, 5) is 14.2. The number of likely N-dealkylation sites (N-methyl/N-ethyl adjacent to an activating group) is 1. The lowest BCUT2D eigenvalue weighted by Crippen LogP contribution is -2.42. The van der Waals surface area contributed by atoms with Crippen molar-refractivity contribution in [3.05, 3.63) is 28.2 Å². The van der Waals surface area contributed by atoms with Crippen LogP contribution in [-0.2, 0) is 4.79 Å². The zero-order valence-corrected chi connectivity index (χ0v) is 13.2. The van der Waals surface area contributed by atoms with Crippen molar-refractivity contribution in [2.45, 2.75) is 44.8 Å². The number of halogens is 2. The molecule has 1 aliphatic carbocycles. The summed E-state index contributed by atoms with van der Waals surface area (Å²) in [6.07, 6.45) is 3.96. The third-order valence-corrected chi connectivity index (χ3v) is 4.59. The largest absolute Gasteiger partial charge is 0.479 e. The minimum Gasteiger partial charge on any atom is -0.479 e. The van der Waals surface area contributed by atoms with E-state index in [0.717, 1.165) is 12.8 Å². The average Bonchev–Trinajstić information content (AvgIpc) is 2.96. The Morgan fingerprint density at radius 3 is 2.65 bits per heavy atom. The van der Waals surface area contributed by atoms with Gasteiger partial charge in [-0.25, -0.2) is 0 Å². The Morgan fingerprint density at radius 2 is 2.00 bits per heavy atom. The molecule has 0 heterocycles. The fourth-order valence-electron chi connectivity index (χ4n) is 2.57. The quantitative estimate of drug-likeness (QED) is 0.834. The van der Waals surface area contributed by atoms with E-state index in [0.29, 0.717) is 21.8 Å². The van der Waals surface area contributed by atoms with Crippen LogP contribution in [-0.4, -0.2) is 30.0 Å². The molecule has 1 fully saturated rings. The van der Waals surface area contributed by atoms with Crippen molar-refractivity contribution in [1.82, 2.24) is 4.90 Å². The van der Waals surface area contributed by atoms with Crippen molar-refractivity contribution >= 4 is 29.1 Å². The lowest BCUT2D eigenvalue weighted by Gasteiger charge is -2.27. The molecule has 0 bridgehead atoms. The maximum atomic E-state index is 12.4. The van der Waals surface area contributed by atoms with E-state index < -0.39 is 6.10 Å². The highest BCUT2D eigenvalue weighted by atomic mass is 35.5. The van der Waals surface area contributed by atoms with Crippen LogP contribution >= 0.6 is 23.2 Å². The van der Waals surface area contributed by atoms with Crippen LogP contribution < -0.4 is 4.74 Å². The molecule has 0 radical (unpaired) electrons. The van der Waals surface area contributed by atoms with Crippen molar-refractivity contribution in [2.75, 3.05) is 7.05 Å². The predicted octanol–water partition coefficient (Wildman–Crippen LogP) is 4.16. The number of rotatable bonds is 4. The summed E-state index contributed by atoms with van der Waals surface area (Å²) in [7, 11) is 1.84. The van der Waals surface area contributed by atoms with E-state index in [1.807, 2.05) is 7.05 Å². The third kappa shape index (κ3) is 3.39. The first-order valence-electron chi connectivity index (χ1n) is 6.88. The maximum absolute atomic E-state index is 12.4. The highest BCUT2D eigenvalue weighted by Gasteiger charge is 2.27. The SMILES string of the molecule is CC(Oc1cccc(Cl)c1Cl)C(=O)N(C)C1CCCC1. The number of benzene rings is 1. The van der Waals surface area contributed by atoms with Gasteiger partial charge in [0.15, 0.2) is 6.10 Å². The predicted molar refractivity (Wildman–Crippen MR) is 81.6 cm³/mol. The molecule has 1 saturated carbocycles. The van der Waals surface area contributed by atoms with Crippen LogP contribution in [0.4, 0.5) is 0 Å². The lowest BCUT2D eigenvalue weighted by molar-refractivity contribution is -0.138. The molecule has 20 heavy (non-hydrogen) atoms. The lowest BCUT2D eigenvalue weighted by atomic mass is 10.2. The van der Waals surface area contributed by atoms with Crippen LogP contribution in [0, 0.1) is 0 Å². The fraction of sp³-hybridized carbons (Fsp3) is 0.533. The van der Waals surface area contributed by atoms with E-state index in [-0.39, 0.29) is 5.91 Å². The molecule has 0 aromatic heterocycles. The normalized spacial score (nSPS) is 17.0. The summed E-state index contributed by atoms with van der Waals surface area (Å²) >= 11 is 12.0. The third-order valence-electron chi connectivity index (χ3n) is 3.79. The Labute approximate surface area is 129 Å². The van der Waals surface area contributed by atoms with Crippen molar-refractivity contribution < 1.29 is 9.53 Å². The minimum atomic E-state index is -0.573. The van der Waals surface area contributed by atoms with Crippen LogP contribution in [0.3, 0.4) is 0 Å². The van der Waals surface area contributed by atoms with Gasteiger partial charge in [-0.1, -0.05) is 42.1 Å². The second-order valence-electron chi connectivity index (χ2n) is 5.20. The summed E-state index contributed by atoms with van der Waals surface area (Å²) in [5.74, 6) is 0.424. The van der Waals surface area contributed by atoms with Gasteiger partial charge in [0.25, 0.3) is 5.91 Å². The number of ether oxygens (including phenoxy) is 1. The number of carbonyl (C=O) groups is 1. The van der Waals surface area contributed by atoms with Gasteiger partial charge in [-0.3, -0.25) is 4.79 Å². The van der Waals surface area contributed by atoms with Gasteiger partial charge in [-0.05, 0) is 31.9 Å². The Morgan fingerprint density at radius 1 is 1.35 bits per heavy atom. The molecule has 1 amide bonds. The Bertz CT molecular complexity index is 487. The topological polar surface area (TPSA) is 29.5 Å². The van der Waals surface area contributed by atoms with Gasteiger partial charge in [-0.2, -0.15) is 0 Å². The maximum Gasteiger partial charge on any atom is 0.263 e. The van der Waals surface area contributed by atoms with Crippen molar-refractivity contribution in [2.24, 2.45) is 0 Å². The summed E-state index contributed by atoms with van der Waals surface area (Å²) < 4.78 is 5.66. The first kappa shape index (κ1) is 15.5. The zero-order chi connectivity index (χ0) is 14.7. The number of hydrogen-bond donors (Lipinski definition) is 0. The number of amides is 1. The van der Waals surface area contributed by atoms with Crippen LogP contribution in [0.1, 0.15) is 32.6 Å². The van der Waals surface area contributed by atoms with Gasteiger partial charge in [0.1, 0.15) is 10.8 Å². The number of hydrogen-bond acceptors (Lipinski definition) is 2. The van der Waals surface area contributed by atoms with E-state index in [1.54, 1.807) is 30.0 Å². The van der Waals surface area contributed by atoms with Crippen LogP contribution in [0.25, 0.3) is 0 Å². The second kappa shape index (κ2) is 6.68. The zero-order valence-electron chi connectivity index (χ0n) is 11.7. The summed E-state index contributed by atoms with van der Waals surface area (Å²) in [6, 6.07) is 5.49. The molecule has 0 spiro atoms. The van der Waals surface area contributed by atoms with Gasteiger partial charge in [-0.15, -0.1) is 0 Å². The Kier molecular flexibility index (Phi) is 5.17. The molecule has 1 aliphatic rings. The van der Waals surface area contributed by atoms with Gasteiger partial charge in [0.05, 0.1) is 5.02 Å². The molecule has 1 unspecified atom stereocenters. The molecule has 5 heteroatoms. The van der Waals surface area contributed by atoms with Gasteiger partial charge < -0.3 is 9.64 Å². The van der Waals surface area contributed by atoms with Crippen molar-refractivity contribution in [1.29, 1.82) is 0 Å². The molecule has 0 saturated heterocycles. The molecular weight excluding hydrogens is 297 g/mol. The summed E-state index contributed by atoms with van der Waals surface area (Å²) in [5.41, 5.74) is 0. The molecule has 110 valence electrons. The average molecular weight is 316 g/mol. The van der Waals surface area contributed by atoms with E-state index in [1.165, 1.54) is 12.8 Å². The van der Waals surface area contributed by atoms with Crippen LogP contribution in [0.5, 0.6) is 5.75 Å². The van der Waals surface area contributed by atoms with Crippen LogP contribution in [0.2, 0.25) is 10.0 Å². The van der Waals surface area contributed by atoms with Gasteiger partial charge in [0.2, 0.25) is 0 Å².